The molecule has 2 aromatic rings. The summed E-state index contributed by atoms with van der Waals surface area (Å²) in [7, 11) is 0. The number of hydrogen-bond acceptors (Lipinski definition) is 2. The molecule has 5 heteroatoms. The SMILES string of the molecule is CC(Nc1ccc(CC(N)=O)cc1)c1ccc(Br)cc1F. The predicted molar refractivity (Wildman–Crippen MR) is 85.5 cm³/mol. The van der Waals surface area contributed by atoms with Gasteiger partial charge >= 0.3 is 0 Å². The van der Waals surface area contributed by atoms with Crippen LogP contribution in [0.4, 0.5) is 10.1 Å². The van der Waals surface area contributed by atoms with Crippen molar-refractivity contribution in [2.24, 2.45) is 5.73 Å². The van der Waals surface area contributed by atoms with E-state index in [0.717, 1.165) is 11.3 Å². The van der Waals surface area contributed by atoms with E-state index < -0.39 is 0 Å². The Labute approximate surface area is 131 Å². The van der Waals surface area contributed by atoms with E-state index in [9.17, 15) is 9.18 Å². The summed E-state index contributed by atoms with van der Waals surface area (Å²) in [6.07, 6.45) is 0.219. The fourth-order valence-electron chi connectivity index (χ4n) is 2.10. The molecular weight excluding hydrogens is 335 g/mol. The number of anilines is 1. The van der Waals surface area contributed by atoms with Crippen molar-refractivity contribution in [2.75, 3.05) is 5.32 Å². The topological polar surface area (TPSA) is 55.1 Å². The second-order valence-electron chi connectivity index (χ2n) is 4.87. The van der Waals surface area contributed by atoms with Crippen molar-refractivity contribution >= 4 is 27.5 Å². The molecule has 0 spiro atoms. The van der Waals surface area contributed by atoms with Gasteiger partial charge in [0.1, 0.15) is 5.82 Å². The Morgan fingerprint density at radius 1 is 1.29 bits per heavy atom. The van der Waals surface area contributed by atoms with E-state index >= 15 is 0 Å². The first kappa shape index (κ1) is 15.5. The molecule has 1 unspecified atom stereocenters. The van der Waals surface area contributed by atoms with Gasteiger partial charge in [0.2, 0.25) is 5.91 Å². The maximum absolute atomic E-state index is 13.9. The smallest absolute Gasteiger partial charge is 0.221 e. The molecule has 0 aromatic heterocycles. The number of carbonyl (C=O) groups is 1. The van der Waals surface area contributed by atoms with Gasteiger partial charge in [-0.3, -0.25) is 4.79 Å². The van der Waals surface area contributed by atoms with Crippen LogP contribution < -0.4 is 11.1 Å². The monoisotopic (exact) mass is 350 g/mol. The normalized spacial score (nSPS) is 12.0. The largest absolute Gasteiger partial charge is 0.378 e. The molecule has 0 aliphatic carbocycles. The number of halogens is 2. The van der Waals surface area contributed by atoms with E-state index in [4.69, 9.17) is 5.73 Å². The zero-order chi connectivity index (χ0) is 15.4. The first-order chi connectivity index (χ1) is 9.95. The number of rotatable bonds is 5. The van der Waals surface area contributed by atoms with Gasteiger partial charge in [0.15, 0.2) is 0 Å². The van der Waals surface area contributed by atoms with E-state index in [1.54, 1.807) is 6.07 Å². The van der Waals surface area contributed by atoms with E-state index in [1.807, 2.05) is 37.3 Å². The lowest BCUT2D eigenvalue weighted by Crippen LogP contribution is -2.13. The number of primary amides is 1. The number of carbonyl (C=O) groups excluding carboxylic acids is 1. The van der Waals surface area contributed by atoms with Crippen molar-refractivity contribution in [3.63, 3.8) is 0 Å². The van der Waals surface area contributed by atoms with Crippen molar-refractivity contribution in [3.05, 3.63) is 63.9 Å². The summed E-state index contributed by atoms with van der Waals surface area (Å²) in [4.78, 5) is 10.8. The molecule has 2 aromatic carbocycles. The average molecular weight is 351 g/mol. The Bertz CT molecular complexity index is 643. The quantitative estimate of drug-likeness (QED) is 0.861. The van der Waals surface area contributed by atoms with Crippen LogP contribution in [0.15, 0.2) is 46.9 Å². The Hall–Kier alpha value is -1.88. The summed E-state index contributed by atoms with van der Waals surface area (Å²) in [5.74, 6) is -0.615. The molecule has 21 heavy (non-hydrogen) atoms. The lowest BCUT2D eigenvalue weighted by molar-refractivity contribution is -0.117. The molecular formula is C16H16BrFN2O. The zero-order valence-electron chi connectivity index (χ0n) is 11.6. The van der Waals surface area contributed by atoms with Crippen LogP contribution >= 0.6 is 15.9 Å². The van der Waals surface area contributed by atoms with Crippen molar-refractivity contribution < 1.29 is 9.18 Å². The molecule has 2 rings (SSSR count). The number of nitrogens with one attached hydrogen (secondary N) is 1. The third-order valence-corrected chi connectivity index (χ3v) is 3.64. The Kier molecular flexibility index (Phi) is 4.96. The first-order valence-electron chi connectivity index (χ1n) is 6.54. The van der Waals surface area contributed by atoms with E-state index in [1.165, 1.54) is 6.07 Å². The Morgan fingerprint density at radius 2 is 1.95 bits per heavy atom. The van der Waals surface area contributed by atoms with Crippen molar-refractivity contribution in [1.29, 1.82) is 0 Å². The molecule has 0 aliphatic heterocycles. The van der Waals surface area contributed by atoms with Gasteiger partial charge in [0.25, 0.3) is 0 Å². The Morgan fingerprint density at radius 3 is 2.52 bits per heavy atom. The zero-order valence-corrected chi connectivity index (χ0v) is 13.2. The summed E-state index contributed by atoms with van der Waals surface area (Å²) in [6.45, 7) is 1.89. The minimum absolute atomic E-state index is 0.167. The molecule has 3 nitrogen and oxygen atoms in total. The van der Waals surface area contributed by atoms with Gasteiger partial charge in [0.05, 0.1) is 12.5 Å². The van der Waals surface area contributed by atoms with Gasteiger partial charge in [-0.05, 0) is 36.8 Å². The van der Waals surface area contributed by atoms with Crippen LogP contribution in [0.3, 0.4) is 0 Å². The predicted octanol–water partition coefficient (Wildman–Crippen LogP) is 3.79. The molecule has 0 radical (unpaired) electrons. The molecule has 1 amide bonds. The summed E-state index contributed by atoms with van der Waals surface area (Å²) in [6, 6.07) is 12.2. The maximum Gasteiger partial charge on any atom is 0.221 e. The van der Waals surface area contributed by atoms with Gasteiger partial charge in [-0.15, -0.1) is 0 Å². The molecule has 0 fully saturated rings. The van der Waals surface area contributed by atoms with Gasteiger partial charge in [-0.1, -0.05) is 34.1 Å². The fraction of sp³-hybridized carbons (Fsp3) is 0.188. The van der Waals surface area contributed by atoms with Gasteiger partial charge < -0.3 is 11.1 Å². The molecule has 0 saturated carbocycles. The summed E-state index contributed by atoms with van der Waals surface area (Å²) in [5.41, 5.74) is 7.46. The summed E-state index contributed by atoms with van der Waals surface area (Å²) in [5, 5.41) is 3.23. The van der Waals surface area contributed by atoms with E-state index in [-0.39, 0.29) is 24.2 Å². The summed E-state index contributed by atoms with van der Waals surface area (Å²) >= 11 is 3.24. The molecule has 0 bridgehead atoms. The minimum atomic E-state index is -0.360. The second kappa shape index (κ2) is 6.72. The van der Waals surface area contributed by atoms with Crippen molar-refractivity contribution in [2.45, 2.75) is 19.4 Å². The summed E-state index contributed by atoms with van der Waals surface area (Å²) < 4.78 is 14.6. The van der Waals surface area contributed by atoms with Crippen molar-refractivity contribution in [1.82, 2.24) is 0 Å². The standard InChI is InChI=1S/C16H16BrFN2O/c1-10(14-7-4-12(17)9-15(14)18)20-13-5-2-11(3-6-13)8-16(19)21/h2-7,9-10,20H,8H2,1H3,(H2,19,21). The third-order valence-electron chi connectivity index (χ3n) is 3.14. The lowest BCUT2D eigenvalue weighted by atomic mass is 10.1. The van der Waals surface area contributed by atoms with Crippen LogP contribution in [-0.2, 0) is 11.2 Å². The average Bonchev–Trinajstić information content (AvgIpc) is 2.40. The highest BCUT2D eigenvalue weighted by molar-refractivity contribution is 9.10. The third kappa shape index (κ3) is 4.29. The molecule has 0 aliphatic rings. The van der Waals surface area contributed by atoms with Crippen LogP contribution in [0.25, 0.3) is 0 Å². The second-order valence-corrected chi connectivity index (χ2v) is 5.79. The van der Waals surface area contributed by atoms with Crippen LogP contribution in [0.5, 0.6) is 0 Å². The number of benzene rings is 2. The Balaban J connectivity index is 2.08. The number of hydrogen-bond donors (Lipinski definition) is 2. The molecule has 3 N–H and O–H groups in total. The minimum Gasteiger partial charge on any atom is -0.378 e. The highest BCUT2D eigenvalue weighted by atomic mass is 79.9. The highest BCUT2D eigenvalue weighted by Crippen LogP contribution is 2.24. The van der Waals surface area contributed by atoms with Crippen LogP contribution in [0.1, 0.15) is 24.1 Å². The maximum atomic E-state index is 13.9. The van der Waals surface area contributed by atoms with Gasteiger partial charge in [-0.25, -0.2) is 4.39 Å². The molecule has 110 valence electrons. The van der Waals surface area contributed by atoms with Gasteiger partial charge in [0, 0.05) is 15.7 Å². The number of amides is 1. The van der Waals surface area contributed by atoms with Crippen LogP contribution in [-0.4, -0.2) is 5.91 Å². The highest BCUT2D eigenvalue weighted by Gasteiger charge is 2.11. The molecule has 0 saturated heterocycles. The van der Waals surface area contributed by atoms with Gasteiger partial charge in [-0.2, -0.15) is 0 Å². The number of nitrogens with two attached hydrogens (primary N) is 1. The fourth-order valence-corrected chi connectivity index (χ4v) is 2.43. The van der Waals surface area contributed by atoms with Crippen LogP contribution in [0.2, 0.25) is 0 Å². The molecule has 1 atom stereocenters. The molecule has 0 heterocycles. The lowest BCUT2D eigenvalue weighted by Gasteiger charge is -2.17. The first-order valence-corrected chi connectivity index (χ1v) is 7.33. The van der Waals surface area contributed by atoms with E-state index in [0.29, 0.717) is 10.0 Å². The van der Waals surface area contributed by atoms with E-state index in [2.05, 4.69) is 21.2 Å². The van der Waals surface area contributed by atoms with Crippen LogP contribution in [0, 0.1) is 5.82 Å². The van der Waals surface area contributed by atoms with Crippen molar-refractivity contribution in [3.8, 4) is 0 Å².